The molecule has 6 heteroatoms. The van der Waals surface area contributed by atoms with Crippen molar-refractivity contribution in [2.45, 2.75) is 13.0 Å². The van der Waals surface area contributed by atoms with Gasteiger partial charge in [-0.2, -0.15) is 0 Å². The highest BCUT2D eigenvalue weighted by atomic mass is 79.9. The molecule has 0 aliphatic heterocycles. The van der Waals surface area contributed by atoms with Crippen LogP contribution >= 0.6 is 15.9 Å². The zero-order chi connectivity index (χ0) is 13.0. The third kappa shape index (κ3) is 4.32. The van der Waals surface area contributed by atoms with Crippen molar-refractivity contribution in [1.82, 2.24) is 4.90 Å². The number of halogens is 1. The van der Waals surface area contributed by atoms with Crippen LogP contribution < -0.4 is 5.32 Å². The summed E-state index contributed by atoms with van der Waals surface area (Å²) in [4.78, 5) is 12.6. The molecule has 0 saturated heterocycles. The minimum atomic E-state index is -0.379. The summed E-state index contributed by atoms with van der Waals surface area (Å²) in [5, 5.41) is 14.1. The second-order valence-electron chi connectivity index (χ2n) is 4.23. The van der Waals surface area contributed by atoms with E-state index in [2.05, 4.69) is 21.2 Å². The van der Waals surface area contributed by atoms with Gasteiger partial charge in [0.15, 0.2) is 0 Å². The van der Waals surface area contributed by atoms with Gasteiger partial charge in [-0.1, -0.05) is 15.9 Å². The lowest BCUT2D eigenvalue weighted by atomic mass is 10.2. The summed E-state index contributed by atoms with van der Waals surface area (Å²) in [6.07, 6.45) is 0. The van der Waals surface area contributed by atoms with Crippen molar-refractivity contribution in [3.8, 4) is 0 Å². The quantitative estimate of drug-likeness (QED) is 0.671. The van der Waals surface area contributed by atoms with Crippen LogP contribution in [0.4, 0.5) is 11.4 Å². The molecule has 0 heterocycles. The average molecular weight is 302 g/mol. The second kappa shape index (κ2) is 5.97. The molecule has 0 radical (unpaired) electrons. The Balaban J connectivity index is 2.86. The number of anilines is 1. The SMILES string of the molecule is CC(CN(C)C)Nc1ccc(Br)cc1[N+](=O)[O-]. The highest BCUT2D eigenvalue weighted by Crippen LogP contribution is 2.28. The molecule has 0 saturated carbocycles. The third-order valence-electron chi connectivity index (χ3n) is 2.20. The van der Waals surface area contributed by atoms with E-state index in [9.17, 15) is 10.1 Å². The fourth-order valence-corrected chi connectivity index (χ4v) is 1.99. The molecule has 1 aromatic rings. The molecule has 1 aromatic carbocycles. The maximum Gasteiger partial charge on any atom is 0.293 e. The highest BCUT2D eigenvalue weighted by molar-refractivity contribution is 9.10. The second-order valence-corrected chi connectivity index (χ2v) is 5.14. The Bertz CT molecular complexity index is 410. The Kier molecular flexibility index (Phi) is 4.89. The number of nitrogens with one attached hydrogen (secondary N) is 1. The van der Waals surface area contributed by atoms with E-state index in [4.69, 9.17) is 0 Å². The van der Waals surface area contributed by atoms with Crippen molar-refractivity contribution >= 4 is 27.3 Å². The number of nitro groups is 1. The van der Waals surface area contributed by atoms with E-state index in [1.807, 2.05) is 25.9 Å². The fraction of sp³-hybridized carbons (Fsp3) is 0.455. The molecule has 5 nitrogen and oxygen atoms in total. The number of hydrogen-bond acceptors (Lipinski definition) is 4. The third-order valence-corrected chi connectivity index (χ3v) is 2.69. The van der Waals surface area contributed by atoms with E-state index >= 15 is 0 Å². The van der Waals surface area contributed by atoms with Gasteiger partial charge in [0.25, 0.3) is 5.69 Å². The van der Waals surface area contributed by atoms with Crippen LogP contribution in [0.2, 0.25) is 0 Å². The fourth-order valence-electron chi connectivity index (χ4n) is 1.64. The first-order chi connectivity index (χ1) is 7.90. The number of likely N-dealkylation sites (N-methyl/N-ethyl adjacent to an activating group) is 1. The minimum absolute atomic E-state index is 0.0879. The molecule has 0 aromatic heterocycles. The molecule has 1 rings (SSSR count). The monoisotopic (exact) mass is 301 g/mol. The summed E-state index contributed by atoms with van der Waals surface area (Å²) >= 11 is 3.23. The first-order valence-corrected chi connectivity index (χ1v) is 6.04. The smallest absolute Gasteiger partial charge is 0.293 e. The van der Waals surface area contributed by atoms with Gasteiger partial charge in [0.1, 0.15) is 5.69 Å². The van der Waals surface area contributed by atoms with Crippen molar-refractivity contribution < 1.29 is 4.92 Å². The number of nitrogens with zero attached hydrogens (tertiary/aromatic N) is 2. The van der Waals surface area contributed by atoms with Gasteiger partial charge in [-0.3, -0.25) is 10.1 Å². The molecule has 0 bridgehead atoms. The Morgan fingerprint density at radius 2 is 2.18 bits per heavy atom. The van der Waals surface area contributed by atoms with Crippen LogP contribution in [0.3, 0.4) is 0 Å². The predicted octanol–water partition coefficient (Wildman–Crippen LogP) is 2.72. The maximum absolute atomic E-state index is 10.9. The first-order valence-electron chi connectivity index (χ1n) is 5.25. The molecule has 94 valence electrons. The summed E-state index contributed by atoms with van der Waals surface area (Å²) in [6.45, 7) is 2.80. The van der Waals surface area contributed by atoms with Gasteiger partial charge in [-0.25, -0.2) is 0 Å². The molecule has 17 heavy (non-hydrogen) atoms. The molecular formula is C11H16BrN3O2. The average Bonchev–Trinajstić information content (AvgIpc) is 2.19. The van der Waals surface area contributed by atoms with Gasteiger partial charge in [0.05, 0.1) is 4.92 Å². The lowest BCUT2D eigenvalue weighted by molar-refractivity contribution is -0.384. The Morgan fingerprint density at radius 3 is 2.71 bits per heavy atom. The zero-order valence-corrected chi connectivity index (χ0v) is 11.7. The van der Waals surface area contributed by atoms with E-state index in [1.165, 1.54) is 6.07 Å². The molecule has 0 fully saturated rings. The van der Waals surface area contributed by atoms with Crippen LogP contribution in [0.1, 0.15) is 6.92 Å². The van der Waals surface area contributed by atoms with Gasteiger partial charge >= 0.3 is 0 Å². The number of nitro benzene ring substituents is 1. The Hall–Kier alpha value is -1.14. The van der Waals surface area contributed by atoms with Gasteiger partial charge in [-0.05, 0) is 33.2 Å². The molecule has 0 amide bonds. The van der Waals surface area contributed by atoms with Crippen molar-refractivity contribution in [1.29, 1.82) is 0 Å². The summed E-state index contributed by atoms with van der Waals surface area (Å²) < 4.78 is 0.704. The zero-order valence-electron chi connectivity index (χ0n) is 10.1. The van der Waals surface area contributed by atoms with Crippen LogP contribution in [0.5, 0.6) is 0 Å². The summed E-state index contributed by atoms with van der Waals surface area (Å²) in [7, 11) is 3.93. The van der Waals surface area contributed by atoms with Crippen LogP contribution in [0, 0.1) is 10.1 Å². The van der Waals surface area contributed by atoms with E-state index in [0.29, 0.717) is 10.2 Å². The van der Waals surface area contributed by atoms with Crippen LogP contribution in [-0.2, 0) is 0 Å². The predicted molar refractivity (Wildman–Crippen MR) is 72.4 cm³/mol. The first kappa shape index (κ1) is 13.9. The summed E-state index contributed by atoms with van der Waals surface area (Å²) in [5.41, 5.74) is 0.637. The summed E-state index contributed by atoms with van der Waals surface area (Å²) in [6, 6.07) is 5.15. The number of hydrogen-bond donors (Lipinski definition) is 1. The van der Waals surface area contributed by atoms with Crippen LogP contribution in [0.15, 0.2) is 22.7 Å². The summed E-state index contributed by atoms with van der Waals surface area (Å²) in [5.74, 6) is 0. The highest BCUT2D eigenvalue weighted by Gasteiger charge is 2.15. The standard InChI is InChI=1S/C11H16BrN3O2/c1-8(7-14(2)3)13-10-5-4-9(12)6-11(10)15(16)17/h4-6,8,13H,7H2,1-3H3. The van der Waals surface area contributed by atoms with Crippen molar-refractivity contribution in [2.75, 3.05) is 26.0 Å². The molecular weight excluding hydrogens is 286 g/mol. The van der Waals surface area contributed by atoms with Crippen LogP contribution in [0.25, 0.3) is 0 Å². The molecule has 0 spiro atoms. The van der Waals surface area contributed by atoms with E-state index in [1.54, 1.807) is 12.1 Å². The van der Waals surface area contributed by atoms with Crippen molar-refractivity contribution in [3.63, 3.8) is 0 Å². The lowest BCUT2D eigenvalue weighted by Crippen LogP contribution is -2.29. The molecule has 1 N–H and O–H groups in total. The largest absolute Gasteiger partial charge is 0.376 e. The van der Waals surface area contributed by atoms with Gasteiger partial charge in [-0.15, -0.1) is 0 Å². The lowest BCUT2D eigenvalue weighted by Gasteiger charge is -2.19. The van der Waals surface area contributed by atoms with Crippen molar-refractivity contribution in [3.05, 3.63) is 32.8 Å². The van der Waals surface area contributed by atoms with Crippen LogP contribution in [-0.4, -0.2) is 36.5 Å². The topological polar surface area (TPSA) is 58.4 Å². The van der Waals surface area contributed by atoms with Crippen molar-refractivity contribution in [2.24, 2.45) is 0 Å². The number of rotatable bonds is 5. The maximum atomic E-state index is 10.9. The normalized spacial score (nSPS) is 12.5. The van der Waals surface area contributed by atoms with Gasteiger partial charge in [0, 0.05) is 23.1 Å². The van der Waals surface area contributed by atoms with E-state index < -0.39 is 0 Å². The molecule has 0 aliphatic rings. The molecule has 1 atom stereocenters. The Labute approximate surface area is 109 Å². The molecule has 1 unspecified atom stereocenters. The molecule has 0 aliphatic carbocycles. The number of benzene rings is 1. The minimum Gasteiger partial charge on any atom is -0.376 e. The van der Waals surface area contributed by atoms with Gasteiger partial charge < -0.3 is 10.2 Å². The van der Waals surface area contributed by atoms with Gasteiger partial charge in [0.2, 0.25) is 0 Å². The van der Waals surface area contributed by atoms with E-state index in [-0.39, 0.29) is 16.7 Å². The Morgan fingerprint density at radius 1 is 1.53 bits per heavy atom. The van der Waals surface area contributed by atoms with E-state index in [0.717, 1.165) is 6.54 Å².